The van der Waals surface area contributed by atoms with Crippen LogP contribution >= 0.6 is 16.3 Å². The van der Waals surface area contributed by atoms with Crippen molar-refractivity contribution in [2.75, 3.05) is 13.2 Å². The van der Waals surface area contributed by atoms with Crippen molar-refractivity contribution in [3.63, 3.8) is 0 Å². The predicted molar refractivity (Wildman–Crippen MR) is 71.3 cm³/mol. The minimum Gasteiger partial charge on any atom is -0.463 e. The predicted octanol–water partition coefficient (Wildman–Crippen LogP) is 0.507. The highest BCUT2D eigenvalue weighted by atomic mass is 79.9. The van der Waals surface area contributed by atoms with Crippen molar-refractivity contribution in [1.82, 2.24) is 0 Å². The lowest BCUT2D eigenvalue weighted by Gasteiger charge is -2.39. The smallest absolute Gasteiger partial charge is 0.303 e. The Bertz CT molecular complexity index is 399. The Kier molecular flexibility index (Phi) is 7.06. The van der Waals surface area contributed by atoms with Gasteiger partial charge in [-0.2, -0.15) is 0 Å². The highest BCUT2D eigenvalue weighted by Crippen LogP contribution is 2.25. The zero-order valence-corrected chi connectivity index (χ0v) is 13.5. The minimum absolute atomic E-state index is 0.0763. The summed E-state index contributed by atoms with van der Waals surface area (Å²) in [6, 6.07) is 0. The molecule has 0 aromatic carbocycles. The van der Waals surface area contributed by atoms with Crippen LogP contribution in [0.15, 0.2) is 0 Å². The lowest BCUT2D eigenvalue weighted by molar-refractivity contribution is -0.219. The van der Waals surface area contributed by atoms with E-state index in [-0.39, 0.29) is 13.2 Å². The number of carbonyl (C=O) groups is 3. The summed E-state index contributed by atoms with van der Waals surface area (Å²) >= 11 is 2.82. The van der Waals surface area contributed by atoms with E-state index < -0.39 is 42.3 Å². The maximum Gasteiger partial charge on any atom is 0.303 e. The first-order chi connectivity index (χ1) is 9.85. The molecule has 0 aromatic rings. The summed E-state index contributed by atoms with van der Waals surface area (Å²) in [5.41, 5.74) is 0. The number of halogens is 1. The molecular weight excluding hydrogens is 352 g/mol. The summed E-state index contributed by atoms with van der Waals surface area (Å²) < 4.78 is 25.6. The molecule has 0 unspecified atom stereocenters. The Balaban J connectivity index is 2.89. The van der Waals surface area contributed by atoms with Gasteiger partial charge in [0.25, 0.3) is 0 Å². The van der Waals surface area contributed by atoms with Crippen LogP contribution < -0.4 is 0 Å². The Labute approximate surface area is 130 Å². The monoisotopic (exact) mass is 368 g/mol. The van der Waals surface area contributed by atoms with Crippen LogP contribution in [0.1, 0.15) is 20.8 Å². The van der Waals surface area contributed by atoms with E-state index in [2.05, 4.69) is 16.3 Å². The van der Waals surface area contributed by atoms with Gasteiger partial charge in [0.15, 0.2) is 12.2 Å². The summed E-state index contributed by atoms with van der Waals surface area (Å²) in [4.78, 5) is 33.4. The normalized spacial score (nSPS) is 28.6. The van der Waals surface area contributed by atoms with Crippen LogP contribution in [-0.2, 0) is 37.2 Å². The molecule has 0 N–H and O–H groups in total. The van der Waals surface area contributed by atoms with E-state index in [9.17, 15) is 14.4 Å². The molecule has 1 fully saturated rings. The summed E-state index contributed by atoms with van der Waals surface area (Å²) in [7, 11) is 0. The van der Waals surface area contributed by atoms with Gasteiger partial charge < -0.3 is 18.9 Å². The summed E-state index contributed by atoms with van der Waals surface area (Å²) in [6.45, 7) is 3.64. The number of esters is 3. The van der Waals surface area contributed by atoms with Gasteiger partial charge in [0.05, 0.1) is 22.9 Å². The molecule has 0 bridgehead atoms. The summed E-state index contributed by atoms with van der Waals surface area (Å²) in [5.74, 6) is -1.63. The number of carbonyl (C=O) groups excluding carboxylic acids is 3. The zero-order chi connectivity index (χ0) is 16.0. The highest BCUT2D eigenvalue weighted by molar-refractivity contribution is 9.06. The van der Waals surface area contributed by atoms with Gasteiger partial charge >= 0.3 is 17.9 Å². The Morgan fingerprint density at radius 1 is 1.05 bits per heavy atom. The second-order valence-corrected chi connectivity index (χ2v) is 4.82. The molecule has 0 aliphatic carbocycles. The average Bonchev–Trinajstić information content (AvgIpc) is 2.37. The van der Waals surface area contributed by atoms with Crippen molar-refractivity contribution in [2.24, 2.45) is 0 Å². The van der Waals surface area contributed by atoms with Gasteiger partial charge in [-0.3, -0.25) is 18.2 Å². The molecule has 120 valence electrons. The van der Waals surface area contributed by atoms with Gasteiger partial charge in [0, 0.05) is 20.8 Å². The van der Waals surface area contributed by atoms with Crippen molar-refractivity contribution in [1.29, 1.82) is 0 Å². The fourth-order valence-electron chi connectivity index (χ4n) is 1.92. The van der Waals surface area contributed by atoms with Crippen molar-refractivity contribution >= 4 is 34.2 Å². The molecule has 21 heavy (non-hydrogen) atoms. The van der Waals surface area contributed by atoms with Gasteiger partial charge in [-0.15, -0.1) is 0 Å². The lowest BCUT2D eigenvalue weighted by Crippen LogP contribution is -2.57. The van der Waals surface area contributed by atoms with Crippen LogP contribution in [0.4, 0.5) is 0 Å². The van der Waals surface area contributed by atoms with Gasteiger partial charge in [0.1, 0.15) is 18.8 Å². The molecule has 8 nitrogen and oxygen atoms in total. The molecule has 0 saturated carbocycles. The fraction of sp³-hybridized carbons (Fsp3) is 0.750. The van der Waals surface area contributed by atoms with Crippen molar-refractivity contribution in [3.8, 4) is 0 Å². The van der Waals surface area contributed by atoms with Crippen molar-refractivity contribution in [2.45, 2.75) is 45.2 Å². The Morgan fingerprint density at radius 3 is 2.10 bits per heavy atom. The number of ether oxygens (including phenoxy) is 4. The average molecular weight is 369 g/mol. The standard InChI is InChI=1S/C12H17BrO8/c1-6(14)17-4-9-11(19-7(2)15)12(20-8(3)16)10(21-13)5-18-9/h9-12H,4-5H2,1-3H3/t9-,10+,11-,12-/m1/s1. The molecule has 0 spiro atoms. The van der Waals surface area contributed by atoms with Crippen LogP contribution in [0.25, 0.3) is 0 Å². The van der Waals surface area contributed by atoms with Gasteiger partial charge in [0.2, 0.25) is 0 Å². The maximum atomic E-state index is 11.2. The van der Waals surface area contributed by atoms with E-state index in [4.69, 9.17) is 22.8 Å². The molecule has 0 amide bonds. The number of rotatable bonds is 5. The van der Waals surface area contributed by atoms with Crippen molar-refractivity contribution in [3.05, 3.63) is 0 Å². The molecule has 4 atom stereocenters. The fourth-order valence-corrected chi connectivity index (χ4v) is 2.24. The van der Waals surface area contributed by atoms with Crippen LogP contribution in [0.5, 0.6) is 0 Å². The van der Waals surface area contributed by atoms with Crippen LogP contribution in [0, 0.1) is 0 Å². The SMILES string of the molecule is CC(=O)OC[C@H]1OC[C@H](OBr)[C@@H](OC(C)=O)[C@@H]1OC(C)=O. The molecule has 1 aliphatic heterocycles. The highest BCUT2D eigenvalue weighted by Gasteiger charge is 2.46. The van der Waals surface area contributed by atoms with Crippen LogP contribution in [0.3, 0.4) is 0 Å². The quantitative estimate of drug-likeness (QED) is 0.511. The number of hydrogen-bond donors (Lipinski definition) is 0. The topological polar surface area (TPSA) is 97.4 Å². The third kappa shape index (κ3) is 5.60. The van der Waals surface area contributed by atoms with Gasteiger partial charge in [-0.25, -0.2) is 0 Å². The molecule has 9 heteroatoms. The second-order valence-electron chi connectivity index (χ2n) is 4.45. The third-order valence-corrected chi connectivity index (χ3v) is 3.18. The zero-order valence-electron chi connectivity index (χ0n) is 11.9. The van der Waals surface area contributed by atoms with Gasteiger partial charge in [-0.05, 0) is 0 Å². The van der Waals surface area contributed by atoms with Crippen molar-refractivity contribution < 1.29 is 37.2 Å². The van der Waals surface area contributed by atoms with E-state index in [1.165, 1.54) is 20.8 Å². The molecule has 0 radical (unpaired) electrons. The molecule has 0 aromatic heterocycles. The second kappa shape index (κ2) is 8.30. The molecule has 1 saturated heterocycles. The number of hydrogen-bond acceptors (Lipinski definition) is 8. The van der Waals surface area contributed by atoms with E-state index in [0.29, 0.717) is 0 Å². The minimum atomic E-state index is -0.943. The van der Waals surface area contributed by atoms with E-state index in [1.807, 2.05) is 0 Å². The first-order valence-corrected chi connectivity index (χ1v) is 6.86. The van der Waals surface area contributed by atoms with Gasteiger partial charge in [-0.1, -0.05) is 0 Å². The first kappa shape index (κ1) is 17.9. The molecular formula is C12H17BrO8. The first-order valence-electron chi connectivity index (χ1n) is 6.22. The summed E-state index contributed by atoms with van der Waals surface area (Å²) in [6.07, 6.45) is -3.23. The molecule has 1 aliphatic rings. The molecule has 1 rings (SSSR count). The largest absolute Gasteiger partial charge is 0.463 e. The van der Waals surface area contributed by atoms with E-state index in [0.717, 1.165) is 0 Å². The van der Waals surface area contributed by atoms with Crippen LogP contribution in [-0.4, -0.2) is 55.5 Å². The Hall–Kier alpha value is -1.19. The summed E-state index contributed by atoms with van der Waals surface area (Å²) in [5, 5.41) is 0. The van der Waals surface area contributed by atoms with Crippen LogP contribution in [0.2, 0.25) is 0 Å². The van der Waals surface area contributed by atoms with E-state index >= 15 is 0 Å². The molecule has 1 heterocycles. The Morgan fingerprint density at radius 2 is 1.62 bits per heavy atom. The lowest BCUT2D eigenvalue weighted by atomic mass is 10.00. The van der Waals surface area contributed by atoms with E-state index in [1.54, 1.807) is 0 Å². The third-order valence-electron chi connectivity index (χ3n) is 2.70. The maximum absolute atomic E-state index is 11.2.